The molecule has 0 amide bonds. The summed E-state index contributed by atoms with van der Waals surface area (Å²) in [6.45, 7) is 5.14. The number of methoxy groups -OCH3 is 1. The first kappa shape index (κ1) is 30.4. The molecule has 3 rings (SSSR count). The van der Waals surface area contributed by atoms with Crippen molar-refractivity contribution in [2.75, 3.05) is 33.9 Å². The molecule has 0 N–H and O–H groups in total. The van der Waals surface area contributed by atoms with Gasteiger partial charge >= 0.3 is 0 Å². The summed E-state index contributed by atoms with van der Waals surface area (Å²) >= 11 is 1.02. The van der Waals surface area contributed by atoms with Gasteiger partial charge in [-0.1, -0.05) is 30.0 Å². The molecule has 2 aromatic carbocycles. The van der Waals surface area contributed by atoms with Crippen molar-refractivity contribution in [3.63, 3.8) is 0 Å². The number of aromatic nitrogens is 2. The average molecular weight is 565 g/mol. The highest BCUT2D eigenvalue weighted by molar-refractivity contribution is 8.16. The third-order valence-corrected chi connectivity index (χ3v) is 6.80. The molecule has 1 aromatic heterocycles. The van der Waals surface area contributed by atoms with Crippen LogP contribution in [0.2, 0.25) is 0 Å². The number of amidine groups is 1. The van der Waals surface area contributed by atoms with Gasteiger partial charge in [0.15, 0.2) is 5.62 Å². The highest BCUT2D eigenvalue weighted by Crippen LogP contribution is 2.36. The Balaban J connectivity index is 1.96. The van der Waals surface area contributed by atoms with Crippen LogP contribution in [0.3, 0.4) is 0 Å². The number of fused-ring (bicyclic) bond motifs is 1. The van der Waals surface area contributed by atoms with Gasteiger partial charge in [-0.05, 0) is 42.3 Å². The Bertz CT molecular complexity index is 1360. The summed E-state index contributed by atoms with van der Waals surface area (Å²) in [7, 11) is 3.29. The van der Waals surface area contributed by atoms with Crippen LogP contribution in [-0.4, -0.2) is 60.0 Å². The maximum atomic E-state index is 14.3. The molecule has 6 nitrogen and oxygen atoms in total. The van der Waals surface area contributed by atoms with Gasteiger partial charge in [-0.2, -0.15) is 5.10 Å². The van der Waals surface area contributed by atoms with E-state index >= 15 is 0 Å². The summed E-state index contributed by atoms with van der Waals surface area (Å²) in [5, 5.41) is 5.23. The minimum Gasteiger partial charge on any atom is -0.383 e. The fourth-order valence-electron chi connectivity index (χ4n) is 4.21. The van der Waals surface area contributed by atoms with Gasteiger partial charge in [0.25, 0.3) is 11.8 Å². The van der Waals surface area contributed by atoms with Gasteiger partial charge in [0.05, 0.1) is 23.6 Å². The van der Waals surface area contributed by atoms with E-state index in [9.17, 15) is 22.4 Å². The minimum atomic E-state index is -3.30. The quantitative estimate of drug-likeness (QED) is 0.108. The number of hydrogen-bond acceptors (Lipinski definition) is 5. The second-order valence-corrected chi connectivity index (χ2v) is 10.0. The van der Waals surface area contributed by atoms with Gasteiger partial charge < -0.3 is 9.64 Å². The number of hydrogen-bond donors (Lipinski definition) is 0. The van der Waals surface area contributed by atoms with Gasteiger partial charge in [-0.15, -0.1) is 0 Å². The topological polar surface area (TPSA) is 59.7 Å². The molecule has 0 fully saturated rings. The Morgan fingerprint density at radius 3 is 2.49 bits per heavy atom. The highest BCUT2D eigenvalue weighted by Gasteiger charge is 2.32. The zero-order valence-corrected chi connectivity index (χ0v) is 23.4. The molecule has 0 atom stereocenters. The minimum absolute atomic E-state index is 0.0158. The molecular weight excluding hydrogens is 532 g/mol. The van der Waals surface area contributed by atoms with Crippen LogP contribution in [0.1, 0.15) is 43.0 Å². The van der Waals surface area contributed by atoms with Crippen molar-refractivity contribution >= 4 is 40.2 Å². The van der Waals surface area contributed by atoms with Crippen molar-refractivity contribution in [1.82, 2.24) is 14.7 Å². The zero-order valence-electron chi connectivity index (χ0n) is 22.6. The Kier molecular flexibility index (Phi) is 9.95. The predicted molar refractivity (Wildman–Crippen MR) is 149 cm³/mol. The second-order valence-electron chi connectivity index (χ2n) is 9.14. The number of aliphatic imine (C=N–C) groups is 1. The van der Waals surface area contributed by atoms with Crippen molar-refractivity contribution in [1.29, 1.82) is 0 Å². The summed E-state index contributed by atoms with van der Waals surface area (Å²) in [5.74, 6) is -5.87. The van der Waals surface area contributed by atoms with Crippen LogP contribution in [0, 0.1) is 0 Å². The third kappa shape index (κ3) is 7.69. The van der Waals surface area contributed by atoms with E-state index in [0.717, 1.165) is 34.4 Å². The maximum absolute atomic E-state index is 14.3. The molecule has 210 valence electrons. The Morgan fingerprint density at radius 2 is 1.90 bits per heavy atom. The Labute approximate surface area is 229 Å². The molecule has 0 aliphatic carbocycles. The fourth-order valence-corrected chi connectivity index (χ4v) is 4.85. The van der Waals surface area contributed by atoms with E-state index in [2.05, 4.69) is 10.1 Å². The Morgan fingerprint density at radius 1 is 1.15 bits per heavy atom. The molecular formula is C28H32F4N4O2S. The number of rotatable bonds is 12. The van der Waals surface area contributed by atoms with Crippen molar-refractivity contribution in [3.8, 4) is 0 Å². The summed E-state index contributed by atoms with van der Waals surface area (Å²) in [4.78, 5) is 18.5. The SMILES string of the molecule is CCN(CCOC)C(=NC)/C(=C/c1ccc2nn(Cc3ccc(C(C)(F)F)cc3C(C)(F)F)cc2c1)SC=O. The maximum Gasteiger partial charge on any atom is 0.270 e. The number of halogens is 4. The van der Waals surface area contributed by atoms with Gasteiger partial charge in [-0.3, -0.25) is 14.5 Å². The van der Waals surface area contributed by atoms with E-state index in [1.54, 1.807) is 26.4 Å². The molecule has 0 aliphatic rings. The predicted octanol–water partition coefficient (Wildman–Crippen LogP) is 6.57. The van der Waals surface area contributed by atoms with Crippen molar-refractivity contribution in [3.05, 3.63) is 69.8 Å². The smallest absolute Gasteiger partial charge is 0.270 e. The molecule has 0 aliphatic heterocycles. The number of carbonyl (C=O) groups excluding carboxylic acids is 1. The van der Waals surface area contributed by atoms with E-state index in [0.29, 0.717) is 49.8 Å². The molecule has 0 saturated carbocycles. The molecule has 0 radical (unpaired) electrons. The lowest BCUT2D eigenvalue weighted by molar-refractivity contribution is 0.00990. The lowest BCUT2D eigenvalue weighted by Crippen LogP contribution is -2.34. The number of nitrogens with zero attached hydrogens (tertiary/aromatic N) is 4. The van der Waals surface area contributed by atoms with Crippen LogP contribution < -0.4 is 0 Å². The lowest BCUT2D eigenvalue weighted by Gasteiger charge is -2.25. The molecule has 11 heteroatoms. The number of likely N-dealkylation sites (N-methyl/N-ethyl adjacent to an activating group) is 1. The van der Waals surface area contributed by atoms with Crippen LogP contribution in [0.5, 0.6) is 0 Å². The normalized spacial score (nSPS) is 13.3. The van der Waals surface area contributed by atoms with Crippen LogP contribution in [0.25, 0.3) is 17.0 Å². The zero-order chi connectivity index (χ0) is 28.8. The first-order chi connectivity index (χ1) is 18.4. The van der Waals surface area contributed by atoms with Gasteiger partial charge in [-0.25, -0.2) is 17.6 Å². The third-order valence-electron chi connectivity index (χ3n) is 6.15. The lowest BCUT2D eigenvalue weighted by atomic mass is 9.97. The number of alkyl halides is 4. The van der Waals surface area contributed by atoms with E-state index in [-0.39, 0.29) is 12.1 Å². The number of carbonyl (C=O) groups is 1. The van der Waals surface area contributed by atoms with Gasteiger partial charge in [0, 0.05) is 63.8 Å². The van der Waals surface area contributed by atoms with Crippen LogP contribution >= 0.6 is 11.8 Å². The van der Waals surface area contributed by atoms with Gasteiger partial charge in [0.1, 0.15) is 5.84 Å². The summed E-state index contributed by atoms with van der Waals surface area (Å²) in [6.07, 6.45) is 3.57. The number of ether oxygens (including phenoxy) is 1. The van der Waals surface area contributed by atoms with Crippen molar-refractivity contribution in [2.45, 2.75) is 39.2 Å². The van der Waals surface area contributed by atoms with E-state index in [1.165, 1.54) is 16.8 Å². The van der Waals surface area contributed by atoms with Crippen LogP contribution in [0.4, 0.5) is 17.6 Å². The van der Waals surface area contributed by atoms with Crippen LogP contribution in [0.15, 0.2) is 52.5 Å². The summed E-state index contributed by atoms with van der Waals surface area (Å²) < 4.78 is 63.0. The molecule has 3 aromatic rings. The van der Waals surface area contributed by atoms with Crippen molar-refractivity contribution in [2.24, 2.45) is 4.99 Å². The summed E-state index contributed by atoms with van der Waals surface area (Å²) in [5.41, 5.74) is 1.46. The standard InChI is InChI=1S/C28H32F4N4O2S/c1-6-35(11-12-38-5)26(33-4)25(39-18-37)14-19-7-10-24-21(13-19)17-36(34-24)16-20-8-9-22(27(2,29)30)15-23(20)28(3,31)32/h7-10,13-15,17-18H,6,11-12,16H2,1-5H3/b25-14-,33-26?. The average Bonchev–Trinajstić information content (AvgIpc) is 3.27. The highest BCUT2D eigenvalue weighted by atomic mass is 32.2. The Hall–Kier alpha value is -3.18. The van der Waals surface area contributed by atoms with E-state index < -0.39 is 23.0 Å². The first-order valence-corrected chi connectivity index (χ1v) is 13.2. The molecule has 0 spiro atoms. The van der Waals surface area contributed by atoms with E-state index in [4.69, 9.17) is 4.74 Å². The number of thioether (sulfide) groups is 1. The molecule has 39 heavy (non-hydrogen) atoms. The van der Waals surface area contributed by atoms with E-state index in [1.807, 2.05) is 30.0 Å². The summed E-state index contributed by atoms with van der Waals surface area (Å²) in [6, 6.07) is 8.85. The van der Waals surface area contributed by atoms with Crippen LogP contribution in [-0.2, 0) is 27.9 Å². The van der Waals surface area contributed by atoms with Gasteiger partial charge in [0.2, 0.25) is 0 Å². The molecule has 1 heterocycles. The monoisotopic (exact) mass is 564 g/mol. The molecule has 0 saturated heterocycles. The fraction of sp³-hybridized carbons (Fsp3) is 0.393. The molecule has 0 unspecified atom stereocenters. The first-order valence-electron chi connectivity index (χ1n) is 12.3. The number of benzene rings is 2. The largest absolute Gasteiger partial charge is 0.383 e. The molecule has 0 bridgehead atoms. The second kappa shape index (κ2) is 12.8. The van der Waals surface area contributed by atoms with Crippen molar-refractivity contribution < 1.29 is 27.1 Å².